The predicted molar refractivity (Wildman–Crippen MR) is 77.6 cm³/mol. The molecule has 1 aliphatic rings. The molecule has 0 amide bonds. The van der Waals surface area contributed by atoms with E-state index in [1.165, 1.54) is 5.56 Å². The maximum Gasteiger partial charge on any atom is 0.103 e. The molecule has 1 fully saturated rings. The Morgan fingerprint density at radius 1 is 1.56 bits per heavy atom. The van der Waals surface area contributed by atoms with Crippen molar-refractivity contribution in [2.75, 3.05) is 19.7 Å². The number of nitrogens with zero attached hydrogens (tertiary/aromatic N) is 1. The van der Waals surface area contributed by atoms with E-state index in [2.05, 4.69) is 24.0 Å². The number of hydrogen-bond acceptors (Lipinski definition) is 3. The zero-order chi connectivity index (χ0) is 13.0. The molecule has 0 spiro atoms. The summed E-state index contributed by atoms with van der Waals surface area (Å²) in [4.78, 5) is 2.89. The van der Waals surface area contributed by atoms with E-state index in [1.54, 1.807) is 0 Å². The van der Waals surface area contributed by atoms with Crippen LogP contribution < -0.4 is 5.73 Å². The number of thiocarbonyl (C=S) groups is 1. The summed E-state index contributed by atoms with van der Waals surface area (Å²) in [5.74, 6) is 0. The van der Waals surface area contributed by atoms with Crippen molar-refractivity contribution in [3.8, 4) is 0 Å². The molecule has 1 atom stereocenters. The minimum Gasteiger partial charge on any atom is -0.389 e. The first kappa shape index (κ1) is 13.5. The second kappa shape index (κ2) is 6.27. The van der Waals surface area contributed by atoms with Gasteiger partial charge in [-0.3, -0.25) is 4.90 Å². The molecule has 1 saturated heterocycles. The molecule has 1 aromatic carbocycles. The van der Waals surface area contributed by atoms with Gasteiger partial charge in [0.2, 0.25) is 0 Å². The fourth-order valence-corrected chi connectivity index (χ4v) is 2.43. The normalized spacial score (nSPS) is 21.5. The second-order valence-electron chi connectivity index (χ2n) is 4.83. The molecule has 1 aliphatic heterocycles. The molecular weight excluding hydrogens is 244 g/mol. The lowest BCUT2D eigenvalue weighted by Gasteiger charge is -2.22. The fourth-order valence-electron chi connectivity index (χ4n) is 2.31. The van der Waals surface area contributed by atoms with Crippen LogP contribution in [0.4, 0.5) is 0 Å². The summed E-state index contributed by atoms with van der Waals surface area (Å²) in [6, 6.07) is 8.18. The van der Waals surface area contributed by atoms with Crippen molar-refractivity contribution >= 4 is 17.2 Å². The SMILES string of the molecule is CC1CN(Cc2cccc(C(N)=S)c2)CCCO1. The highest BCUT2D eigenvalue weighted by Crippen LogP contribution is 2.12. The van der Waals surface area contributed by atoms with Crippen LogP contribution >= 0.6 is 12.2 Å². The lowest BCUT2D eigenvalue weighted by atomic mass is 10.1. The molecular formula is C14H20N2OS. The lowest BCUT2D eigenvalue weighted by Crippen LogP contribution is -2.29. The van der Waals surface area contributed by atoms with Gasteiger partial charge in [-0.1, -0.05) is 30.4 Å². The average Bonchev–Trinajstić information content (AvgIpc) is 2.54. The molecule has 2 rings (SSSR count). The van der Waals surface area contributed by atoms with Crippen LogP contribution in [-0.4, -0.2) is 35.7 Å². The minimum atomic E-state index is 0.311. The maximum absolute atomic E-state index is 5.66. The Kier molecular flexibility index (Phi) is 4.69. The number of ether oxygens (including phenoxy) is 1. The van der Waals surface area contributed by atoms with E-state index in [0.29, 0.717) is 11.1 Å². The van der Waals surface area contributed by atoms with Gasteiger partial charge in [0, 0.05) is 31.8 Å². The highest BCUT2D eigenvalue weighted by molar-refractivity contribution is 7.80. The third-order valence-corrected chi connectivity index (χ3v) is 3.39. The fraction of sp³-hybridized carbons (Fsp3) is 0.500. The average molecular weight is 264 g/mol. The van der Waals surface area contributed by atoms with E-state index in [1.807, 2.05) is 12.1 Å². The van der Waals surface area contributed by atoms with Crippen LogP contribution in [0.1, 0.15) is 24.5 Å². The molecule has 1 heterocycles. The molecule has 0 saturated carbocycles. The van der Waals surface area contributed by atoms with Crippen LogP contribution in [0.2, 0.25) is 0 Å². The van der Waals surface area contributed by atoms with Crippen LogP contribution in [0.15, 0.2) is 24.3 Å². The zero-order valence-corrected chi connectivity index (χ0v) is 11.6. The van der Waals surface area contributed by atoms with Crippen molar-refractivity contribution in [2.24, 2.45) is 5.73 Å². The van der Waals surface area contributed by atoms with Crippen molar-refractivity contribution in [3.63, 3.8) is 0 Å². The third-order valence-electron chi connectivity index (χ3n) is 3.15. The molecule has 1 aromatic rings. The molecule has 98 valence electrons. The highest BCUT2D eigenvalue weighted by Gasteiger charge is 2.15. The smallest absolute Gasteiger partial charge is 0.103 e. The van der Waals surface area contributed by atoms with E-state index in [0.717, 1.165) is 38.2 Å². The molecule has 3 nitrogen and oxygen atoms in total. The van der Waals surface area contributed by atoms with Gasteiger partial charge in [-0.2, -0.15) is 0 Å². The van der Waals surface area contributed by atoms with Gasteiger partial charge in [0.15, 0.2) is 0 Å². The van der Waals surface area contributed by atoms with Crippen molar-refractivity contribution in [1.29, 1.82) is 0 Å². The highest BCUT2D eigenvalue weighted by atomic mass is 32.1. The topological polar surface area (TPSA) is 38.5 Å². The van der Waals surface area contributed by atoms with Crippen molar-refractivity contribution in [1.82, 2.24) is 4.90 Å². The Balaban J connectivity index is 2.03. The molecule has 2 N–H and O–H groups in total. The maximum atomic E-state index is 5.66. The quantitative estimate of drug-likeness (QED) is 0.847. The van der Waals surface area contributed by atoms with Gasteiger partial charge in [-0.25, -0.2) is 0 Å². The van der Waals surface area contributed by atoms with Gasteiger partial charge >= 0.3 is 0 Å². The Morgan fingerprint density at radius 3 is 3.17 bits per heavy atom. The van der Waals surface area contributed by atoms with E-state index >= 15 is 0 Å². The zero-order valence-electron chi connectivity index (χ0n) is 10.8. The summed E-state index contributed by atoms with van der Waals surface area (Å²) >= 11 is 5.01. The number of benzene rings is 1. The summed E-state index contributed by atoms with van der Waals surface area (Å²) in [6.45, 7) is 6.00. The van der Waals surface area contributed by atoms with Gasteiger partial charge < -0.3 is 10.5 Å². The summed E-state index contributed by atoms with van der Waals surface area (Å²) < 4.78 is 5.65. The Morgan fingerprint density at radius 2 is 2.39 bits per heavy atom. The van der Waals surface area contributed by atoms with E-state index in [9.17, 15) is 0 Å². The van der Waals surface area contributed by atoms with Gasteiger partial charge in [0.1, 0.15) is 4.99 Å². The van der Waals surface area contributed by atoms with Crippen molar-refractivity contribution < 1.29 is 4.74 Å². The molecule has 0 aliphatic carbocycles. The van der Waals surface area contributed by atoms with Gasteiger partial charge in [-0.15, -0.1) is 0 Å². The predicted octanol–water partition coefficient (Wildman–Crippen LogP) is 1.93. The molecule has 0 radical (unpaired) electrons. The summed E-state index contributed by atoms with van der Waals surface area (Å²) in [6.07, 6.45) is 1.41. The largest absolute Gasteiger partial charge is 0.389 e. The minimum absolute atomic E-state index is 0.311. The van der Waals surface area contributed by atoms with E-state index in [-0.39, 0.29) is 0 Å². The first-order valence-corrected chi connectivity index (χ1v) is 6.78. The van der Waals surface area contributed by atoms with Crippen LogP contribution in [0.25, 0.3) is 0 Å². The van der Waals surface area contributed by atoms with Crippen LogP contribution in [0.5, 0.6) is 0 Å². The monoisotopic (exact) mass is 264 g/mol. The third kappa shape index (κ3) is 3.77. The van der Waals surface area contributed by atoms with E-state index < -0.39 is 0 Å². The Bertz CT molecular complexity index is 422. The molecule has 0 aromatic heterocycles. The standard InChI is InChI=1S/C14H20N2OS/c1-11-9-16(6-3-7-17-11)10-12-4-2-5-13(8-12)14(15)18/h2,4-5,8,11H,3,6-7,9-10H2,1H3,(H2,15,18). The molecule has 18 heavy (non-hydrogen) atoms. The molecule has 4 heteroatoms. The van der Waals surface area contributed by atoms with Gasteiger partial charge in [0.25, 0.3) is 0 Å². The van der Waals surface area contributed by atoms with Crippen molar-refractivity contribution in [2.45, 2.75) is 26.0 Å². The Labute approximate surface area is 114 Å². The van der Waals surface area contributed by atoms with Crippen LogP contribution in [0.3, 0.4) is 0 Å². The molecule has 1 unspecified atom stereocenters. The Hall–Kier alpha value is -0.970. The summed E-state index contributed by atoms with van der Waals surface area (Å²) in [5, 5.41) is 0. The number of rotatable bonds is 3. The first-order chi connectivity index (χ1) is 8.65. The van der Waals surface area contributed by atoms with Crippen LogP contribution in [0, 0.1) is 0 Å². The first-order valence-electron chi connectivity index (χ1n) is 6.38. The van der Waals surface area contributed by atoms with E-state index in [4.69, 9.17) is 22.7 Å². The number of hydrogen-bond donors (Lipinski definition) is 1. The molecule has 0 bridgehead atoms. The summed E-state index contributed by atoms with van der Waals surface area (Å²) in [7, 11) is 0. The second-order valence-corrected chi connectivity index (χ2v) is 5.27. The van der Waals surface area contributed by atoms with Crippen LogP contribution in [-0.2, 0) is 11.3 Å². The van der Waals surface area contributed by atoms with Crippen molar-refractivity contribution in [3.05, 3.63) is 35.4 Å². The van der Waals surface area contributed by atoms with Gasteiger partial charge in [0.05, 0.1) is 6.10 Å². The summed E-state index contributed by atoms with van der Waals surface area (Å²) in [5.41, 5.74) is 7.87. The van der Waals surface area contributed by atoms with Gasteiger partial charge in [-0.05, 0) is 25.0 Å². The number of nitrogens with two attached hydrogens (primary N) is 1. The lowest BCUT2D eigenvalue weighted by molar-refractivity contribution is 0.0668.